The Labute approximate surface area is 112 Å². The van der Waals surface area contributed by atoms with Crippen LogP contribution in [0.3, 0.4) is 0 Å². The van der Waals surface area contributed by atoms with Crippen molar-refractivity contribution in [1.82, 2.24) is 4.90 Å². The average Bonchev–Trinajstić information content (AvgIpc) is 2.80. The Balaban J connectivity index is 2.07. The third kappa shape index (κ3) is 2.76. The van der Waals surface area contributed by atoms with Crippen molar-refractivity contribution in [3.05, 3.63) is 35.9 Å². The van der Waals surface area contributed by atoms with Crippen molar-refractivity contribution in [2.45, 2.75) is 13.0 Å². The molecule has 1 amide bonds. The molecule has 2 rings (SSSR count). The fourth-order valence-corrected chi connectivity index (χ4v) is 2.47. The molecular formula is C14H18N2O3. The van der Waals surface area contributed by atoms with Gasteiger partial charge < -0.3 is 15.7 Å². The van der Waals surface area contributed by atoms with E-state index in [1.165, 1.54) is 0 Å². The number of amides is 1. The van der Waals surface area contributed by atoms with Gasteiger partial charge in [-0.25, -0.2) is 0 Å². The molecule has 0 aliphatic carbocycles. The van der Waals surface area contributed by atoms with E-state index in [1.807, 2.05) is 25.1 Å². The first-order chi connectivity index (χ1) is 9.00. The van der Waals surface area contributed by atoms with Crippen LogP contribution in [0.15, 0.2) is 30.3 Å². The summed E-state index contributed by atoms with van der Waals surface area (Å²) in [4.78, 5) is 24.9. The summed E-state index contributed by atoms with van der Waals surface area (Å²) in [5.74, 6) is -1.59. The molecule has 5 nitrogen and oxygen atoms in total. The number of benzene rings is 1. The summed E-state index contributed by atoms with van der Waals surface area (Å²) >= 11 is 0. The fraction of sp³-hybridized carbons (Fsp3) is 0.429. The molecule has 1 fully saturated rings. The minimum atomic E-state index is -0.851. The van der Waals surface area contributed by atoms with Crippen molar-refractivity contribution < 1.29 is 14.7 Å². The highest BCUT2D eigenvalue weighted by Crippen LogP contribution is 2.25. The molecule has 3 atom stereocenters. The molecule has 0 unspecified atom stereocenters. The molecule has 1 heterocycles. The van der Waals surface area contributed by atoms with E-state index in [0.29, 0.717) is 6.54 Å². The third-order valence-corrected chi connectivity index (χ3v) is 3.67. The molecule has 0 bridgehead atoms. The zero-order valence-electron chi connectivity index (χ0n) is 10.8. The zero-order valence-corrected chi connectivity index (χ0v) is 10.8. The lowest BCUT2D eigenvalue weighted by molar-refractivity contribution is -0.142. The largest absolute Gasteiger partial charge is 0.481 e. The van der Waals surface area contributed by atoms with E-state index >= 15 is 0 Å². The van der Waals surface area contributed by atoms with Crippen LogP contribution in [0.2, 0.25) is 0 Å². The van der Waals surface area contributed by atoms with E-state index in [4.69, 9.17) is 10.8 Å². The van der Waals surface area contributed by atoms with Gasteiger partial charge in [0.2, 0.25) is 5.91 Å². The number of likely N-dealkylation sites (tertiary alicyclic amines) is 1. The van der Waals surface area contributed by atoms with Gasteiger partial charge in [0.05, 0.1) is 5.92 Å². The van der Waals surface area contributed by atoms with Crippen LogP contribution in [0, 0.1) is 11.8 Å². The first-order valence-corrected chi connectivity index (χ1v) is 6.33. The van der Waals surface area contributed by atoms with E-state index in [-0.39, 0.29) is 18.4 Å². The number of nitrogens with zero attached hydrogens (tertiary/aromatic N) is 1. The quantitative estimate of drug-likeness (QED) is 0.846. The van der Waals surface area contributed by atoms with Crippen molar-refractivity contribution in [1.29, 1.82) is 0 Å². The highest BCUT2D eigenvalue weighted by molar-refractivity contribution is 5.84. The topological polar surface area (TPSA) is 83.6 Å². The van der Waals surface area contributed by atoms with Gasteiger partial charge in [0.1, 0.15) is 6.04 Å². The molecule has 0 spiro atoms. The second-order valence-electron chi connectivity index (χ2n) is 5.05. The summed E-state index contributed by atoms with van der Waals surface area (Å²) in [5.41, 5.74) is 6.70. The molecule has 5 heteroatoms. The number of carbonyl (C=O) groups is 2. The number of hydrogen-bond acceptors (Lipinski definition) is 3. The molecule has 1 aliphatic heterocycles. The number of nitrogens with two attached hydrogens (primary N) is 1. The van der Waals surface area contributed by atoms with Gasteiger partial charge in [0.15, 0.2) is 0 Å². The SMILES string of the molecule is C[C@@H]1CN(C(=O)[C@@H](N)c2ccccc2)C[C@H]1C(=O)O. The third-order valence-electron chi connectivity index (χ3n) is 3.67. The highest BCUT2D eigenvalue weighted by Gasteiger charge is 2.38. The Kier molecular flexibility index (Phi) is 3.85. The highest BCUT2D eigenvalue weighted by atomic mass is 16.4. The lowest BCUT2D eigenvalue weighted by Gasteiger charge is -2.20. The summed E-state index contributed by atoms with van der Waals surface area (Å²) in [6.07, 6.45) is 0. The summed E-state index contributed by atoms with van der Waals surface area (Å²) in [6, 6.07) is 8.40. The minimum Gasteiger partial charge on any atom is -0.481 e. The molecule has 0 saturated carbocycles. The first kappa shape index (κ1) is 13.5. The number of carboxylic acids is 1. The molecule has 0 aromatic heterocycles. The fourth-order valence-electron chi connectivity index (χ4n) is 2.47. The van der Waals surface area contributed by atoms with Crippen molar-refractivity contribution in [2.24, 2.45) is 17.6 Å². The van der Waals surface area contributed by atoms with Gasteiger partial charge in [-0.2, -0.15) is 0 Å². The number of carboxylic acid groups (broad SMARTS) is 1. The van der Waals surface area contributed by atoms with Gasteiger partial charge in [-0.05, 0) is 11.5 Å². The van der Waals surface area contributed by atoms with Crippen LogP contribution in [0.1, 0.15) is 18.5 Å². The number of rotatable bonds is 3. The van der Waals surface area contributed by atoms with Gasteiger partial charge in [0.25, 0.3) is 0 Å². The molecule has 102 valence electrons. The van der Waals surface area contributed by atoms with Crippen LogP contribution in [0.4, 0.5) is 0 Å². The second-order valence-corrected chi connectivity index (χ2v) is 5.05. The van der Waals surface area contributed by atoms with Gasteiger partial charge in [-0.1, -0.05) is 37.3 Å². The predicted octanol–water partition coefficient (Wildman–Crippen LogP) is 0.865. The lowest BCUT2D eigenvalue weighted by Crippen LogP contribution is -2.37. The standard InChI is InChI=1S/C14H18N2O3/c1-9-7-16(8-11(9)14(18)19)13(17)12(15)10-5-3-2-4-6-10/h2-6,9,11-12H,7-8,15H2,1H3,(H,18,19)/t9-,11-,12+/m1/s1. The molecule has 1 aliphatic rings. The molecule has 0 radical (unpaired) electrons. The van der Waals surface area contributed by atoms with E-state index in [2.05, 4.69) is 0 Å². The molecule has 1 aromatic carbocycles. The maximum atomic E-state index is 12.3. The van der Waals surface area contributed by atoms with Crippen LogP contribution < -0.4 is 5.73 Å². The van der Waals surface area contributed by atoms with Crippen LogP contribution in [-0.4, -0.2) is 35.0 Å². The predicted molar refractivity (Wildman–Crippen MR) is 70.2 cm³/mol. The summed E-state index contributed by atoms with van der Waals surface area (Å²) in [7, 11) is 0. The van der Waals surface area contributed by atoms with Gasteiger partial charge in [-0.3, -0.25) is 9.59 Å². The van der Waals surface area contributed by atoms with Crippen molar-refractivity contribution in [3.63, 3.8) is 0 Å². The summed E-state index contributed by atoms with van der Waals surface area (Å²) < 4.78 is 0. The maximum Gasteiger partial charge on any atom is 0.308 e. The van der Waals surface area contributed by atoms with Gasteiger partial charge in [0, 0.05) is 13.1 Å². The molecule has 3 N–H and O–H groups in total. The molecule has 19 heavy (non-hydrogen) atoms. The molecule has 1 aromatic rings. The van der Waals surface area contributed by atoms with Crippen LogP contribution in [-0.2, 0) is 9.59 Å². The zero-order chi connectivity index (χ0) is 14.0. The van der Waals surface area contributed by atoms with Crippen LogP contribution >= 0.6 is 0 Å². The second kappa shape index (κ2) is 5.40. The van der Waals surface area contributed by atoms with Crippen LogP contribution in [0.25, 0.3) is 0 Å². The van der Waals surface area contributed by atoms with Crippen molar-refractivity contribution in [3.8, 4) is 0 Å². The van der Waals surface area contributed by atoms with E-state index in [1.54, 1.807) is 17.0 Å². The minimum absolute atomic E-state index is 0.0376. The number of aliphatic carboxylic acids is 1. The Morgan fingerprint density at radius 2 is 1.95 bits per heavy atom. The van der Waals surface area contributed by atoms with E-state index in [0.717, 1.165) is 5.56 Å². The number of hydrogen-bond donors (Lipinski definition) is 2. The Morgan fingerprint density at radius 1 is 1.32 bits per heavy atom. The Bertz CT molecular complexity index is 475. The van der Waals surface area contributed by atoms with E-state index < -0.39 is 17.9 Å². The average molecular weight is 262 g/mol. The monoisotopic (exact) mass is 262 g/mol. The normalized spacial score (nSPS) is 24.2. The first-order valence-electron chi connectivity index (χ1n) is 6.33. The molecule has 1 saturated heterocycles. The van der Waals surface area contributed by atoms with Crippen LogP contribution in [0.5, 0.6) is 0 Å². The summed E-state index contributed by atoms with van der Waals surface area (Å²) in [6.45, 7) is 2.55. The van der Waals surface area contributed by atoms with Gasteiger partial charge >= 0.3 is 5.97 Å². The smallest absolute Gasteiger partial charge is 0.308 e. The summed E-state index contributed by atoms with van der Waals surface area (Å²) in [5, 5.41) is 9.07. The van der Waals surface area contributed by atoms with Crippen molar-refractivity contribution >= 4 is 11.9 Å². The maximum absolute atomic E-state index is 12.3. The lowest BCUT2D eigenvalue weighted by atomic mass is 9.99. The Morgan fingerprint density at radius 3 is 2.47 bits per heavy atom. The van der Waals surface area contributed by atoms with Crippen molar-refractivity contribution in [2.75, 3.05) is 13.1 Å². The van der Waals surface area contributed by atoms with Gasteiger partial charge in [-0.15, -0.1) is 0 Å². The molecular weight excluding hydrogens is 244 g/mol. The van der Waals surface area contributed by atoms with E-state index in [9.17, 15) is 9.59 Å². The Hall–Kier alpha value is -1.88. The number of carbonyl (C=O) groups excluding carboxylic acids is 1.